The van der Waals surface area contributed by atoms with Gasteiger partial charge in [-0.15, -0.1) is 0 Å². The van der Waals surface area contributed by atoms with E-state index >= 15 is 0 Å². The van der Waals surface area contributed by atoms with Crippen molar-refractivity contribution in [3.8, 4) is 0 Å². The molecule has 3 aromatic heterocycles. The molecule has 1 aliphatic carbocycles. The smallest absolute Gasteiger partial charge is 0.328 e. The number of aromatic nitrogens is 4. The molecule has 2 atom stereocenters. The highest BCUT2D eigenvalue weighted by molar-refractivity contribution is 5.94. The van der Waals surface area contributed by atoms with Gasteiger partial charge in [-0.2, -0.15) is 0 Å². The van der Waals surface area contributed by atoms with Crippen LogP contribution in [0.3, 0.4) is 0 Å². The molecule has 0 unspecified atom stereocenters. The molecule has 2 aliphatic rings. The summed E-state index contributed by atoms with van der Waals surface area (Å²) in [6, 6.07) is 3.08. The lowest BCUT2D eigenvalue weighted by Gasteiger charge is -2.30. The van der Waals surface area contributed by atoms with Gasteiger partial charge in [-0.05, 0) is 51.2 Å². The molecule has 36 heavy (non-hydrogen) atoms. The van der Waals surface area contributed by atoms with Crippen molar-refractivity contribution in [3.05, 3.63) is 40.6 Å². The van der Waals surface area contributed by atoms with E-state index in [1.165, 1.54) is 10.9 Å². The van der Waals surface area contributed by atoms with Crippen molar-refractivity contribution in [2.24, 2.45) is 0 Å². The molecular weight excluding hydrogens is 462 g/mol. The van der Waals surface area contributed by atoms with Crippen LogP contribution in [0.2, 0.25) is 0 Å². The lowest BCUT2D eigenvalue weighted by atomic mass is 9.92. The van der Waals surface area contributed by atoms with E-state index in [1.54, 1.807) is 20.2 Å². The standard InChI is InChI=1S/C25H33N7O4/c1-14-15(2)36-12-16-9-20(24(33)31(11-16)17-5-7-18(35-4)8-6-17)29-21-10-19(26-3)22-23(30-21)32(13-27-22)25(34)28-14/h9-11,13-15,17-18H,5-8,12H2,1-4H3,(H,28,34)(H2,26,29,30)/t14-,15-,17?,18?/m1/s1. The lowest BCUT2D eigenvalue weighted by Crippen LogP contribution is -2.43. The van der Waals surface area contributed by atoms with Gasteiger partial charge >= 0.3 is 6.03 Å². The van der Waals surface area contributed by atoms with Gasteiger partial charge in [-0.1, -0.05) is 0 Å². The zero-order valence-electron chi connectivity index (χ0n) is 21.1. The average molecular weight is 496 g/mol. The molecular formula is C25H33N7O4. The molecule has 4 bridgehead atoms. The summed E-state index contributed by atoms with van der Waals surface area (Å²) in [5.41, 5.74) is 2.80. The topological polar surface area (TPSA) is 124 Å². The van der Waals surface area contributed by atoms with E-state index in [-0.39, 0.29) is 35.9 Å². The van der Waals surface area contributed by atoms with Gasteiger partial charge in [0, 0.05) is 32.5 Å². The van der Waals surface area contributed by atoms with Crippen LogP contribution in [0.25, 0.3) is 11.2 Å². The second-order valence-corrected chi connectivity index (χ2v) is 9.61. The van der Waals surface area contributed by atoms with E-state index in [9.17, 15) is 9.59 Å². The summed E-state index contributed by atoms with van der Waals surface area (Å²) in [6.45, 7) is 4.11. The van der Waals surface area contributed by atoms with E-state index in [0.29, 0.717) is 35.0 Å². The van der Waals surface area contributed by atoms with Crippen LogP contribution in [-0.2, 0) is 16.1 Å². The number of hydrogen-bond donors (Lipinski definition) is 3. The van der Waals surface area contributed by atoms with E-state index in [2.05, 4.69) is 25.9 Å². The number of methoxy groups -OCH3 is 1. The van der Waals surface area contributed by atoms with Crippen molar-refractivity contribution >= 4 is 34.4 Å². The van der Waals surface area contributed by atoms with E-state index in [0.717, 1.165) is 31.2 Å². The first-order valence-electron chi connectivity index (χ1n) is 12.4. The predicted molar refractivity (Wildman–Crippen MR) is 137 cm³/mol. The van der Waals surface area contributed by atoms with Gasteiger partial charge in [-0.3, -0.25) is 4.79 Å². The van der Waals surface area contributed by atoms with Gasteiger partial charge in [0.15, 0.2) is 5.65 Å². The fourth-order valence-electron chi connectivity index (χ4n) is 4.94. The van der Waals surface area contributed by atoms with Crippen LogP contribution in [0, 0.1) is 0 Å². The summed E-state index contributed by atoms with van der Waals surface area (Å²) in [5.74, 6) is 0.435. The molecule has 0 saturated heterocycles. The fraction of sp³-hybridized carbons (Fsp3) is 0.520. The Bertz CT molecular complexity index is 1330. The number of carbonyl (C=O) groups excluding carboxylic acids is 1. The third-order valence-corrected chi connectivity index (χ3v) is 7.29. The molecule has 4 heterocycles. The van der Waals surface area contributed by atoms with Crippen LogP contribution in [-0.4, -0.2) is 57.5 Å². The molecule has 1 aliphatic heterocycles. The number of imidazole rings is 1. The number of ether oxygens (including phenoxy) is 2. The van der Waals surface area contributed by atoms with Crippen LogP contribution >= 0.6 is 0 Å². The molecule has 1 fully saturated rings. The molecule has 3 N–H and O–H groups in total. The van der Waals surface area contributed by atoms with Crippen molar-refractivity contribution in [1.82, 2.24) is 24.4 Å². The van der Waals surface area contributed by atoms with Crippen molar-refractivity contribution < 1.29 is 14.3 Å². The minimum Gasteiger partial charge on any atom is -0.386 e. The number of hydrogen-bond acceptors (Lipinski definition) is 8. The molecule has 0 spiro atoms. The molecule has 11 nitrogen and oxygen atoms in total. The highest BCUT2D eigenvalue weighted by Gasteiger charge is 2.25. The number of rotatable bonds is 3. The zero-order valence-corrected chi connectivity index (χ0v) is 21.1. The van der Waals surface area contributed by atoms with Crippen LogP contribution in [0.4, 0.5) is 22.0 Å². The Morgan fingerprint density at radius 3 is 2.67 bits per heavy atom. The molecule has 1 amide bonds. The number of anilines is 3. The molecule has 3 aromatic rings. The maximum atomic E-state index is 13.6. The van der Waals surface area contributed by atoms with Crippen molar-refractivity contribution in [2.45, 2.75) is 70.4 Å². The summed E-state index contributed by atoms with van der Waals surface area (Å²) >= 11 is 0. The zero-order chi connectivity index (χ0) is 25.4. The largest absolute Gasteiger partial charge is 0.386 e. The number of fused-ring (bicyclic) bond motifs is 3. The van der Waals surface area contributed by atoms with Crippen LogP contribution < -0.4 is 21.5 Å². The maximum absolute atomic E-state index is 13.6. The fourth-order valence-corrected chi connectivity index (χ4v) is 4.94. The second kappa shape index (κ2) is 9.90. The highest BCUT2D eigenvalue weighted by Crippen LogP contribution is 2.30. The monoisotopic (exact) mass is 495 g/mol. The second-order valence-electron chi connectivity index (χ2n) is 9.61. The number of amides is 1. The average Bonchev–Trinajstić information content (AvgIpc) is 3.32. The molecule has 5 rings (SSSR count). The van der Waals surface area contributed by atoms with Crippen molar-refractivity contribution in [2.75, 3.05) is 24.8 Å². The number of nitrogens with zero attached hydrogens (tertiary/aromatic N) is 4. The number of pyridine rings is 2. The van der Waals surface area contributed by atoms with Gasteiger partial charge < -0.3 is 30.0 Å². The third kappa shape index (κ3) is 4.56. The minimum atomic E-state index is -0.350. The highest BCUT2D eigenvalue weighted by atomic mass is 16.5. The van der Waals surface area contributed by atoms with Gasteiger partial charge in [0.2, 0.25) is 0 Å². The third-order valence-electron chi connectivity index (χ3n) is 7.29. The Balaban J connectivity index is 1.62. The van der Waals surface area contributed by atoms with Gasteiger partial charge in [0.05, 0.1) is 30.5 Å². The Morgan fingerprint density at radius 2 is 1.94 bits per heavy atom. The molecule has 11 heteroatoms. The normalized spacial score (nSPS) is 24.7. The van der Waals surface area contributed by atoms with Crippen LogP contribution in [0.5, 0.6) is 0 Å². The van der Waals surface area contributed by atoms with E-state index < -0.39 is 0 Å². The first kappa shape index (κ1) is 24.3. The SMILES string of the molecule is CNc1cc2nc3c1ncn3C(=O)N[C@H](C)[C@@H](C)OCc1cc(c(=O)n(C3CCC(OC)CC3)c1)N2. The van der Waals surface area contributed by atoms with Gasteiger partial charge in [0.25, 0.3) is 5.56 Å². The predicted octanol–water partition coefficient (Wildman–Crippen LogP) is 3.37. The minimum absolute atomic E-state index is 0.0867. The summed E-state index contributed by atoms with van der Waals surface area (Å²) in [5, 5.41) is 9.30. The Hall–Kier alpha value is -3.44. The van der Waals surface area contributed by atoms with Crippen molar-refractivity contribution in [3.63, 3.8) is 0 Å². The van der Waals surface area contributed by atoms with Crippen LogP contribution in [0.1, 0.15) is 51.1 Å². The molecule has 0 radical (unpaired) electrons. The van der Waals surface area contributed by atoms with Gasteiger partial charge in [-0.25, -0.2) is 19.3 Å². The summed E-state index contributed by atoms with van der Waals surface area (Å²) < 4.78 is 14.8. The first-order valence-corrected chi connectivity index (χ1v) is 12.4. The molecule has 0 aromatic carbocycles. The van der Waals surface area contributed by atoms with E-state index in [4.69, 9.17) is 9.47 Å². The van der Waals surface area contributed by atoms with Gasteiger partial charge in [0.1, 0.15) is 23.3 Å². The Labute approximate surface area is 209 Å². The maximum Gasteiger partial charge on any atom is 0.328 e. The first-order chi connectivity index (χ1) is 17.4. The summed E-state index contributed by atoms with van der Waals surface area (Å²) in [7, 11) is 3.52. The van der Waals surface area contributed by atoms with E-state index in [1.807, 2.05) is 30.7 Å². The summed E-state index contributed by atoms with van der Waals surface area (Å²) in [6.07, 6.45) is 6.90. The van der Waals surface area contributed by atoms with Crippen molar-refractivity contribution in [1.29, 1.82) is 0 Å². The quantitative estimate of drug-likeness (QED) is 0.505. The molecule has 192 valence electrons. The number of carbonyl (C=O) groups is 1. The van der Waals surface area contributed by atoms with Crippen LogP contribution in [0.15, 0.2) is 29.5 Å². The lowest BCUT2D eigenvalue weighted by molar-refractivity contribution is 0.0331. The summed E-state index contributed by atoms with van der Waals surface area (Å²) in [4.78, 5) is 35.7. The Kier molecular flexibility index (Phi) is 6.67. The number of nitrogens with one attached hydrogen (secondary N) is 3. The molecule has 1 saturated carbocycles. The Morgan fingerprint density at radius 1 is 1.17 bits per heavy atom.